The van der Waals surface area contributed by atoms with E-state index in [0.29, 0.717) is 40.2 Å². The number of pyridine rings is 1. The van der Waals surface area contributed by atoms with Crippen molar-refractivity contribution in [1.82, 2.24) is 4.40 Å². The summed E-state index contributed by atoms with van der Waals surface area (Å²) in [4.78, 5) is 27.7. The molecule has 8 rings (SSSR count). The minimum absolute atomic E-state index is 0.139. The lowest BCUT2D eigenvalue weighted by Gasteiger charge is -2.47. The van der Waals surface area contributed by atoms with Crippen LogP contribution in [0.15, 0.2) is 33.3 Å². The Labute approximate surface area is 195 Å². The molecule has 5 aliphatic rings. The van der Waals surface area contributed by atoms with Gasteiger partial charge in [0.2, 0.25) is 11.2 Å². The summed E-state index contributed by atoms with van der Waals surface area (Å²) in [5.74, 6) is 1.02. The topological polar surface area (TPSA) is 97.3 Å². The van der Waals surface area contributed by atoms with Gasteiger partial charge in [0.1, 0.15) is 10.6 Å². The van der Waals surface area contributed by atoms with E-state index >= 15 is 4.39 Å². The quantitative estimate of drug-likeness (QED) is 0.418. The fraction of sp³-hybridized carbons (Fsp3) is 0.391. The molecule has 4 heterocycles. The normalized spacial score (nSPS) is 29.4. The number of anilines is 1. The second-order valence-electron chi connectivity index (χ2n) is 9.46. The highest BCUT2D eigenvalue weighted by molar-refractivity contribution is 7.99. The van der Waals surface area contributed by atoms with Gasteiger partial charge in [-0.15, -0.1) is 23.1 Å². The predicted molar refractivity (Wildman–Crippen MR) is 125 cm³/mol. The molecule has 2 bridgehead atoms. The third-order valence-electron chi connectivity index (χ3n) is 7.89. The number of hydrogen-bond donors (Lipinski definition) is 2. The van der Waals surface area contributed by atoms with Crippen molar-refractivity contribution in [2.75, 3.05) is 18.0 Å². The van der Waals surface area contributed by atoms with Crippen LogP contribution in [-0.4, -0.2) is 34.3 Å². The first-order valence-electron chi connectivity index (χ1n) is 10.9. The standard InChI is InChI=1S/C23H20FN3O4S2/c24-15-5-12-16-20(17(15)26-6-13-10-1-3-23(25,4-2-10)14(13)7-26)32-8-11-9-33-21(27(11)16)19(18(12)28)31-22(29)30/h1,3,5,9-10,13-14H,2,4,6-8,25H2,(H,29,30). The van der Waals surface area contributed by atoms with Crippen LogP contribution < -0.4 is 20.8 Å². The average molecular weight is 486 g/mol. The maximum absolute atomic E-state index is 15.7. The van der Waals surface area contributed by atoms with Gasteiger partial charge in [0, 0.05) is 41.4 Å². The van der Waals surface area contributed by atoms with Gasteiger partial charge in [-0.1, -0.05) is 12.2 Å². The number of rotatable bonds is 2. The fourth-order valence-corrected chi connectivity index (χ4v) is 8.72. The molecule has 33 heavy (non-hydrogen) atoms. The van der Waals surface area contributed by atoms with Crippen molar-refractivity contribution < 1.29 is 19.0 Å². The first-order valence-corrected chi connectivity index (χ1v) is 12.8. The molecule has 0 amide bonds. The third kappa shape index (κ3) is 2.54. The third-order valence-corrected chi connectivity index (χ3v) is 9.98. The average Bonchev–Trinajstić information content (AvgIpc) is 3.42. The monoisotopic (exact) mass is 485 g/mol. The molecule has 2 aromatic heterocycles. The van der Waals surface area contributed by atoms with E-state index in [0.717, 1.165) is 30.0 Å². The van der Waals surface area contributed by atoms with Crippen LogP contribution in [0.2, 0.25) is 0 Å². The summed E-state index contributed by atoms with van der Waals surface area (Å²) in [7, 11) is 0. The molecular weight excluding hydrogens is 465 g/mol. The van der Waals surface area contributed by atoms with Gasteiger partial charge in [0.25, 0.3) is 0 Å². The van der Waals surface area contributed by atoms with Crippen molar-refractivity contribution in [3.63, 3.8) is 0 Å². The number of aromatic nitrogens is 1. The minimum Gasteiger partial charge on any atom is -0.449 e. The van der Waals surface area contributed by atoms with Crippen molar-refractivity contribution in [2.24, 2.45) is 23.5 Å². The van der Waals surface area contributed by atoms with Gasteiger partial charge in [0.05, 0.1) is 21.5 Å². The number of ether oxygens (including phenoxy) is 1. The number of nitrogens with two attached hydrogens (primary N) is 1. The van der Waals surface area contributed by atoms with Gasteiger partial charge in [-0.25, -0.2) is 9.18 Å². The Morgan fingerprint density at radius 2 is 2.21 bits per heavy atom. The maximum Gasteiger partial charge on any atom is 0.511 e. The second-order valence-corrected chi connectivity index (χ2v) is 11.3. The molecule has 10 heteroatoms. The summed E-state index contributed by atoms with van der Waals surface area (Å²) >= 11 is 2.79. The number of carboxylic acid groups (broad SMARTS) is 1. The number of allylic oxidation sites excluding steroid dienone is 1. The van der Waals surface area contributed by atoms with Gasteiger partial charge in [-0.2, -0.15) is 0 Å². The Bertz CT molecular complexity index is 1480. The molecule has 4 unspecified atom stereocenters. The summed E-state index contributed by atoms with van der Waals surface area (Å²) in [6.45, 7) is 1.43. The van der Waals surface area contributed by atoms with Gasteiger partial charge >= 0.3 is 6.16 Å². The van der Waals surface area contributed by atoms with E-state index in [9.17, 15) is 9.59 Å². The zero-order valence-corrected chi connectivity index (χ0v) is 19.0. The van der Waals surface area contributed by atoms with E-state index in [2.05, 4.69) is 17.1 Å². The van der Waals surface area contributed by atoms with Gasteiger partial charge < -0.3 is 20.5 Å². The van der Waals surface area contributed by atoms with Crippen LogP contribution in [-0.2, 0) is 5.75 Å². The van der Waals surface area contributed by atoms with E-state index in [1.165, 1.54) is 29.2 Å². The lowest BCUT2D eigenvalue weighted by Crippen LogP contribution is -2.55. The molecule has 1 saturated carbocycles. The number of carbonyl (C=O) groups is 1. The van der Waals surface area contributed by atoms with Gasteiger partial charge in [-0.3, -0.25) is 9.20 Å². The zero-order valence-electron chi connectivity index (χ0n) is 17.4. The molecule has 2 aliphatic heterocycles. The number of thiazole rings is 1. The lowest BCUT2D eigenvalue weighted by atomic mass is 9.60. The van der Waals surface area contributed by atoms with Crippen LogP contribution in [0, 0.1) is 23.6 Å². The highest BCUT2D eigenvalue weighted by Gasteiger charge is 2.53. The van der Waals surface area contributed by atoms with Crippen LogP contribution in [0.3, 0.4) is 0 Å². The molecule has 1 saturated heterocycles. The Morgan fingerprint density at radius 3 is 2.94 bits per heavy atom. The molecule has 4 atom stereocenters. The smallest absolute Gasteiger partial charge is 0.449 e. The molecule has 3 N–H and O–H groups in total. The lowest BCUT2D eigenvalue weighted by molar-refractivity contribution is 0.139. The molecule has 1 aromatic carbocycles. The van der Waals surface area contributed by atoms with Crippen molar-refractivity contribution in [1.29, 1.82) is 0 Å². The summed E-state index contributed by atoms with van der Waals surface area (Å²) < 4.78 is 22.4. The Kier molecular flexibility index (Phi) is 3.92. The zero-order chi connectivity index (χ0) is 22.6. The fourth-order valence-electron chi connectivity index (χ4n) is 6.41. The predicted octanol–water partition coefficient (Wildman–Crippen LogP) is 4.05. The SMILES string of the molecule is NC12C=CC(CC1)C1CN(c3c(F)cc4c(=O)c(OC(=O)O)c5scc6n5c4c3SC6)CC12. The Balaban J connectivity index is 1.45. The van der Waals surface area contributed by atoms with Crippen LogP contribution in [0.25, 0.3) is 15.7 Å². The van der Waals surface area contributed by atoms with E-state index in [1.54, 1.807) is 0 Å². The molecule has 3 aliphatic carbocycles. The van der Waals surface area contributed by atoms with Gasteiger partial charge in [-0.05, 0) is 30.7 Å². The van der Waals surface area contributed by atoms with Crippen molar-refractivity contribution in [3.8, 4) is 5.75 Å². The molecule has 170 valence electrons. The first-order chi connectivity index (χ1) is 15.9. The summed E-state index contributed by atoms with van der Waals surface area (Å²) in [6.07, 6.45) is 4.88. The van der Waals surface area contributed by atoms with Crippen molar-refractivity contribution in [2.45, 2.75) is 29.0 Å². The summed E-state index contributed by atoms with van der Waals surface area (Å²) in [5, 5.41) is 11.2. The largest absolute Gasteiger partial charge is 0.511 e. The van der Waals surface area contributed by atoms with Crippen molar-refractivity contribution in [3.05, 3.63) is 45.3 Å². The number of benzene rings is 1. The van der Waals surface area contributed by atoms with Crippen LogP contribution in [0.1, 0.15) is 18.5 Å². The highest BCUT2D eigenvalue weighted by Crippen LogP contribution is 2.53. The molecule has 3 aromatic rings. The molecular formula is C23H20FN3O4S2. The van der Waals surface area contributed by atoms with Crippen LogP contribution >= 0.6 is 23.1 Å². The van der Waals surface area contributed by atoms with E-state index in [1.807, 2.05) is 9.78 Å². The number of hydrogen-bond acceptors (Lipinski definition) is 7. The molecule has 0 radical (unpaired) electrons. The second kappa shape index (κ2) is 6.52. The highest BCUT2D eigenvalue weighted by atomic mass is 32.2. The number of fused-ring (bicyclic) bond motifs is 1. The first kappa shape index (κ1) is 19.9. The summed E-state index contributed by atoms with van der Waals surface area (Å²) in [6, 6.07) is 1.25. The number of nitrogens with zero attached hydrogens (tertiary/aromatic N) is 2. The molecule has 0 spiro atoms. The Morgan fingerprint density at radius 1 is 1.36 bits per heavy atom. The van der Waals surface area contributed by atoms with E-state index < -0.39 is 17.4 Å². The van der Waals surface area contributed by atoms with Crippen LogP contribution in [0.4, 0.5) is 14.9 Å². The van der Waals surface area contributed by atoms with Crippen molar-refractivity contribution >= 4 is 50.7 Å². The summed E-state index contributed by atoms with van der Waals surface area (Å²) in [5.41, 5.74) is 7.91. The van der Waals surface area contributed by atoms with E-state index in [-0.39, 0.29) is 22.6 Å². The minimum atomic E-state index is -1.56. The van der Waals surface area contributed by atoms with E-state index in [4.69, 9.17) is 15.6 Å². The van der Waals surface area contributed by atoms with Crippen LogP contribution in [0.5, 0.6) is 5.75 Å². The maximum atomic E-state index is 15.7. The number of thioether (sulfide) groups is 1. The molecule has 7 nitrogen and oxygen atoms in total. The number of halogens is 1. The Hall–Kier alpha value is -2.56. The van der Waals surface area contributed by atoms with Gasteiger partial charge in [0.15, 0.2) is 0 Å². The molecule has 2 fully saturated rings.